The highest BCUT2D eigenvalue weighted by Gasteiger charge is 2.22. The fourth-order valence-electron chi connectivity index (χ4n) is 2.51. The van der Waals surface area contributed by atoms with E-state index in [1.54, 1.807) is 0 Å². The molecule has 1 aliphatic carbocycles. The molecule has 1 fully saturated rings. The summed E-state index contributed by atoms with van der Waals surface area (Å²) in [4.78, 5) is 3.23. The van der Waals surface area contributed by atoms with Crippen molar-refractivity contribution in [1.29, 1.82) is 0 Å². The van der Waals surface area contributed by atoms with Crippen LogP contribution in [0.1, 0.15) is 52.4 Å². The second-order valence-corrected chi connectivity index (χ2v) is 5.36. The number of nitrogens with two attached hydrogens (primary N) is 1. The molecule has 88 valence electrons. The quantitative estimate of drug-likeness (QED) is 0.734. The minimum absolute atomic E-state index is 0.613. The molecule has 15 heavy (non-hydrogen) atoms. The zero-order valence-corrected chi connectivity index (χ0v) is 10.9. The lowest BCUT2D eigenvalue weighted by Crippen LogP contribution is -2.43. The van der Waals surface area contributed by atoms with Gasteiger partial charge in [0.05, 0.1) is 4.99 Å². The van der Waals surface area contributed by atoms with Crippen molar-refractivity contribution in [2.75, 3.05) is 6.54 Å². The monoisotopic (exact) mass is 228 g/mol. The van der Waals surface area contributed by atoms with Crippen LogP contribution in [0.2, 0.25) is 0 Å². The van der Waals surface area contributed by atoms with Crippen molar-refractivity contribution in [2.24, 2.45) is 5.73 Å². The Balaban J connectivity index is 2.44. The lowest BCUT2D eigenvalue weighted by Gasteiger charge is -2.37. The molecule has 2 nitrogen and oxygen atoms in total. The fourth-order valence-corrected chi connectivity index (χ4v) is 2.61. The Morgan fingerprint density at radius 2 is 1.93 bits per heavy atom. The summed E-state index contributed by atoms with van der Waals surface area (Å²) in [6, 6.07) is 1.38. The third-order valence-corrected chi connectivity index (χ3v) is 3.53. The van der Waals surface area contributed by atoms with Gasteiger partial charge in [0.1, 0.15) is 0 Å². The van der Waals surface area contributed by atoms with Gasteiger partial charge < -0.3 is 5.73 Å². The van der Waals surface area contributed by atoms with E-state index in [9.17, 15) is 0 Å². The predicted octanol–water partition coefficient (Wildman–Crippen LogP) is 2.71. The lowest BCUT2D eigenvalue weighted by molar-refractivity contribution is 0.124. The van der Waals surface area contributed by atoms with Gasteiger partial charge in [0.25, 0.3) is 0 Å². The Labute approximate surface area is 99.2 Å². The van der Waals surface area contributed by atoms with Crippen LogP contribution in [-0.4, -0.2) is 28.5 Å². The van der Waals surface area contributed by atoms with Crippen molar-refractivity contribution in [2.45, 2.75) is 64.5 Å². The first-order valence-electron chi connectivity index (χ1n) is 6.15. The molecule has 1 aliphatic rings. The first-order valence-corrected chi connectivity index (χ1v) is 6.56. The standard InChI is InChI=1S/C12H24N2S/c1-10(2)14(9-8-12(13)15)11-6-4-3-5-7-11/h10-11H,3-9H2,1-2H3,(H2,13,15). The molecule has 0 aromatic heterocycles. The first kappa shape index (κ1) is 12.9. The second kappa shape index (κ2) is 6.44. The summed E-state index contributed by atoms with van der Waals surface area (Å²) in [5.41, 5.74) is 5.58. The summed E-state index contributed by atoms with van der Waals surface area (Å²) in [6.07, 6.45) is 7.77. The van der Waals surface area contributed by atoms with Gasteiger partial charge in [-0.25, -0.2) is 0 Å². The van der Waals surface area contributed by atoms with Gasteiger partial charge in [-0.15, -0.1) is 0 Å². The average Bonchev–Trinajstić information content (AvgIpc) is 2.18. The maximum atomic E-state index is 5.58. The Bertz CT molecular complexity index is 198. The van der Waals surface area contributed by atoms with Gasteiger partial charge in [-0.3, -0.25) is 4.90 Å². The van der Waals surface area contributed by atoms with Crippen molar-refractivity contribution in [1.82, 2.24) is 4.90 Å². The van der Waals surface area contributed by atoms with Gasteiger partial charge in [0, 0.05) is 25.0 Å². The maximum absolute atomic E-state index is 5.58. The number of hydrogen-bond acceptors (Lipinski definition) is 2. The minimum Gasteiger partial charge on any atom is -0.393 e. The van der Waals surface area contributed by atoms with E-state index < -0.39 is 0 Å². The first-order chi connectivity index (χ1) is 7.11. The molecule has 0 aromatic carbocycles. The summed E-state index contributed by atoms with van der Waals surface area (Å²) < 4.78 is 0. The van der Waals surface area contributed by atoms with E-state index in [1.807, 2.05) is 0 Å². The normalized spacial score (nSPS) is 18.7. The molecule has 0 unspecified atom stereocenters. The van der Waals surface area contributed by atoms with Crippen LogP contribution in [0.15, 0.2) is 0 Å². The predicted molar refractivity (Wildman–Crippen MR) is 70.1 cm³/mol. The van der Waals surface area contributed by atoms with Crippen LogP contribution in [0.3, 0.4) is 0 Å². The van der Waals surface area contributed by atoms with Gasteiger partial charge in [-0.1, -0.05) is 31.5 Å². The largest absolute Gasteiger partial charge is 0.393 e. The summed E-state index contributed by atoms with van der Waals surface area (Å²) in [6.45, 7) is 5.58. The molecule has 0 radical (unpaired) electrons. The van der Waals surface area contributed by atoms with Gasteiger partial charge >= 0.3 is 0 Å². The SMILES string of the molecule is CC(C)N(CCC(N)=S)C1CCCCC1. The number of nitrogens with zero attached hydrogens (tertiary/aromatic N) is 1. The van der Waals surface area contributed by atoms with E-state index in [2.05, 4.69) is 18.7 Å². The molecule has 1 saturated carbocycles. The molecule has 0 heterocycles. The van der Waals surface area contributed by atoms with Crippen LogP contribution < -0.4 is 5.73 Å². The average molecular weight is 228 g/mol. The number of hydrogen-bond donors (Lipinski definition) is 1. The van der Waals surface area contributed by atoms with Crippen LogP contribution in [-0.2, 0) is 0 Å². The Hall–Kier alpha value is -0.150. The maximum Gasteiger partial charge on any atom is 0.0740 e. The zero-order chi connectivity index (χ0) is 11.3. The molecular weight excluding hydrogens is 204 g/mol. The van der Waals surface area contributed by atoms with Gasteiger partial charge in [-0.2, -0.15) is 0 Å². The van der Waals surface area contributed by atoms with Crippen molar-refractivity contribution in [3.8, 4) is 0 Å². The van der Waals surface area contributed by atoms with E-state index in [0.717, 1.165) is 19.0 Å². The van der Waals surface area contributed by atoms with Crippen LogP contribution in [0.4, 0.5) is 0 Å². The van der Waals surface area contributed by atoms with Crippen LogP contribution in [0.5, 0.6) is 0 Å². The third-order valence-electron chi connectivity index (χ3n) is 3.32. The Morgan fingerprint density at radius 3 is 2.40 bits per heavy atom. The molecule has 0 aromatic rings. The molecule has 1 rings (SSSR count). The Morgan fingerprint density at radius 1 is 1.33 bits per heavy atom. The topological polar surface area (TPSA) is 29.3 Å². The van der Waals surface area contributed by atoms with Crippen molar-refractivity contribution < 1.29 is 0 Å². The van der Waals surface area contributed by atoms with Crippen LogP contribution >= 0.6 is 12.2 Å². The van der Waals surface area contributed by atoms with E-state index >= 15 is 0 Å². The molecule has 0 amide bonds. The zero-order valence-electron chi connectivity index (χ0n) is 10.0. The molecule has 0 bridgehead atoms. The molecule has 0 aliphatic heterocycles. The van der Waals surface area contributed by atoms with Crippen LogP contribution in [0, 0.1) is 0 Å². The molecule has 0 atom stereocenters. The van der Waals surface area contributed by atoms with E-state index in [-0.39, 0.29) is 0 Å². The summed E-state index contributed by atoms with van der Waals surface area (Å²) in [7, 11) is 0. The summed E-state index contributed by atoms with van der Waals surface area (Å²) >= 11 is 4.95. The van der Waals surface area contributed by atoms with Gasteiger partial charge in [0.15, 0.2) is 0 Å². The smallest absolute Gasteiger partial charge is 0.0740 e. The van der Waals surface area contributed by atoms with E-state index in [1.165, 1.54) is 32.1 Å². The minimum atomic E-state index is 0.613. The highest BCUT2D eigenvalue weighted by molar-refractivity contribution is 7.80. The van der Waals surface area contributed by atoms with Gasteiger partial charge in [-0.05, 0) is 26.7 Å². The second-order valence-electron chi connectivity index (χ2n) is 4.84. The van der Waals surface area contributed by atoms with Gasteiger partial charge in [0.2, 0.25) is 0 Å². The molecule has 0 saturated heterocycles. The highest BCUT2D eigenvalue weighted by atomic mass is 32.1. The van der Waals surface area contributed by atoms with Crippen molar-refractivity contribution in [3.05, 3.63) is 0 Å². The molecule has 2 N–H and O–H groups in total. The number of thiocarbonyl (C=S) groups is 1. The lowest BCUT2D eigenvalue weighted by atomic mass is 9.93. The third kappa shape index (κ3) is 4.47. The Kier molecular flexibility index (Phi) is 5.54. The molecule has 0 spiro atoms. The summed E-state index contributed by atoms with van der Waals surface area (Å²) in [5.74, 6) is 0. The highest BCUT2D eigenvalue weighted by Crippen LogP contribution is 2.24. The molecule has 3 heteroatoms. The molecular formula is C12H24N2S. The number of rotatable bonds is 5. The van der Waals surface area contributed by atoms with E-state index in [0.29, 0.717) is 11.0 Å². The summed E-state index contributed by atoms with van der Waals surface area (Å²) in [5, 5.41) is 0. The fraction of sp³-hybridized carbons (Fsp3) is 0.917. The van der Waals surface area contributed by atoms with Crippen molar-refractivity contribution in [3.63, 3.8) is 0 Å². The van der Waals surface area contributed by atoms with Crippen LogP contribution in [0.25, 0.3) is 0 Å². The van der Waals surface area contributed by atoms with Crippen molar-refractivity contribution >= 4 is 17.2 Å². The van der Waals surface area contributed by atoms with E-state index in [4.69, 9.17) is 18.0 Å².